The van der Waals surface area contributed by atoms with Gasteiger partial charge in [0.2, 0.25) is 0 Å². The average molecular weight is 355 g/mol. The van der Waals surface area contributed by atoms with Crippen LogP contribution in [0.1, 0.15) is 6.42 Å². The number of para-hydroxylation sites is 3. The predicted molar refractivity (Wildman–Crippen MR) is 102 cm³/mol. The van der Waals surface area contributed by atoms with Crippen LogP contribution in [0, 0.1) is 0 Å². The van der Waals surface area contributed by atoms with Gasteiger partial charge in [0.15, 0.2) is 5.75 Å². The summed E-state index contributed by atoms with van der Waals surface area (Å²) in [6.07, 6.45) is 0.912. The van der Waals surface area contributed by atoms with E-state index in [9.17, 15) is 4.79 Å². The lowest BCUT2D eigenvalue weighted by Gasteiger charge is -2.26. The van der Waals surface area contributed by atoms with E-state index >= 15 is 0 Å². The highest BCUT2D eigenvalue weighted by Crippen LogP contribution is 2.28. The van der Waals surface area contributed by atoms with Crippen molar-refractivity contribution in [3.8, 4) is 11.5 Å². The van der Waals surface area contributed by atoms with Crippen molar-refractivity contribution in [3.63, 3.8) is 0 Å². The van der Waals surface area contributed by atoms with Crippen LogP contribution in [-0.2, 0) is 4.74 Å². The van der Waals surface area contributed by atoms with E-state index in [0.29, 0.717) is 18.0 Å². The molecule has 1 aliphatic rings. The van der Waals surface area contributed by atoms with E-state index in [1.165, 1.54) is 0 Å². The lowest BCUT2D eigenvalue weighted by Crippen LogP contribution is -2.38. The molecule has 2 amide bonds. The normalized spacial score (nSPS) is 14.6. The van der Waals surface area contributed by atoms with Crippen molar-refractivity contribution >= 4 is 11.7 Å². The van der Waals surface area contributed by atoms with E-state index in [-0.39, 0.29) is 6.03 Å². The third-order valence-corrected chi connectivity index (χ3v) is 4.15. The topological polar surface area (TPSA) is 62.8 Å². The molecule has 0 atom stereocenters. The zero-order valence-electron chi connectivity index (χ0n) is 14.8. The highest BCUT2D eigenvalue weighted by molar-refractivity contribution is 5.90. The SMILES string of the molecule is O=C(NCCCN1CCOCC1)Nc1ccccc1Oc1ccccc1. The summed E-state index contributed by atoms with van der Waals surface area (Å²) in [6.45, 7) is 5.13. The molecule has 3 rings (SSSR count). The number of rotatable bonds is 7. The monoisotopic (exact) mass is 355 g/mol. The van der Waals surface area contributed by atoms with Crippen molar-refractivity contribution in [2.45, 2.75) is 6.42 Å². The molecule has 6 heteroatoms. The molecule has 0 aliphatic carbocycles. The number of ether oxygens (including phenoxy) is 2. The number of nitrogens with one attached hydrogen (secondary N) is 2. The number of hydrogen-bond donors (Lipinski definition) is 2. The fourth-order valence-electron chi connectivity index (χ4n) is 2.77. The Bertz CT molecular complexity index is 688. The highest BCUT2D eigenvalue weighted by atomic mass is 16.5. The molecule has 0 unspecified atom stereocenters. The van der Waals surface area contributed by atoms with Crippen LogP contribution in [0.15, 0.2) is 54.6 Å². The van der Waals surface area contributed by atoms with Crippen LogP contribution in [0.3, 0.4) is 0 Å². The molecule has 1 aliphatic heterocycles. The summed E-state index contributed by atoms with van der Waals surface area (Å²) in [5, 5.41) is 5.76. The summed E-state index contributed by atoms with van der Waals surface area (Å²) in [6, 6.07) is 16.7. The molecule has 1 heterocycles. The minimum Gasteiger partial charge on any atom is -0.455 e. The molecule has 2 aromatic carbocycles. The van der Waals surface area contributed by atoms with Crippen molar-refractivity contribution in [1.82, 2.24) is 10.2 Å². The number of benzene rings is 2. The standard InChI is InChI=1S/C20H25N3O3/c24-20(21-11-6-12-23-13-15-25-16-14-23)22-18-9-4-5-10-19(18)26-17-7-2-1-3-8-17/h1-5,7-10H,6,11-16H2,(H2,21,22,24). The van der Waals surface area contributed by atoms with Gasteiger partial charge in [-0.3, -0.25) is 4.90 Å². The van der Waals surface area contributed by atoms with Gasteiger partial charge in [-0.1, -0.05) is 30.3 Å². The summed E-state index contributed by atoms with van der Waals surface area (Å²) in [4.78, 5) is 14.5. The van der Waals surface area contributed by atoms with Gasteiger partial charge < -0.3 is 20.1 Å². The lowest BCUT2D eigenvalue weighted by atomic mass is 10.3. The molecule has 6 nitrogen and oxygen atoms in total. The molecule has 0 bridgehead atoms. The first-order valence-corrected chi connectivity index (χ1v) is 8.98. The van der Waals surface area contributed by atoms with Crippen LogP contribution in [0.5, 0.6) is 11.5 Å². The van der Waals surface area contributed by atoms with E-state index in [0.717, 1.165) is 45.0 Å². The zero-order chi connectivity index (χ0) is 18.0. The third kappa shape index (κ3) is 5.75. The number of nitrogens with zero attached hydrogens (tertiary/aromatic N) is 1. The second-order valence-electron chi connectivity index (χ2n) is 6.10. The second kappa shape index (κ2) is 9.79. The molecule has 138 valence electrons. The van der Waals surface area contributed by atoms with Crippen LogP contribution in [0.4, 0.5) is 10.5 Å². The van der Waals surface area contributed by atoms with Gasteiger partial charge in [-0.2, -0.15) is 0 Å². The van der Waals surface area contributed by atoms with Crippen LogP contribution in [0.25, 0.3) is 0 Å². The first-order valence-electron chi connectivity index (χ1n) is 8.98. The third-order valence-electron chi connectivity index (χ3n) is 4.15. The number of morpholine rings is 1. The Labute approximate surface area is 154 Å². The van der Waals surface area contributed by atoms with Crippen molar-refractivity contribution in [3.05, 3.63) is 54.6 Å². The van der Waals surface area contributed by atoms with E-state index in [2.05, 4.69) is 15.5 Å². The van der Waals surface area contributed by atoms with Crippen LogP contribution >= 0.6 is 0 Å². The highest BCUT2D eigenvalue weighted by Gasteiger charge is 2.10. The van der Waals surface area contributed by atoms with Gasteiger partial charge >= 0.3 is 6.03 Å². The number of hydrogen-bond acceptors (Lipinski definition) is 4. The molecule has 0 aromatic heterocycles. The lowest BCUT2D eigenvalue weighted by molar-refractivity contribution is 0.0375. The maximum Gasteiger partial charge on any atom is 0.319 e. The Morgan fingerprint density at radius 2 is 1.77 bits per heavy atom. The molecule has 2 N–H and O–H groups in total. The Morgan fingerprint density at radius 1 is 1.04 bits per heavy atom. The van der Waals surface area contributed by atoms with Gasteiger partial charge in [0, 0.05) is 19.6 Å². The predicted octanol–water partition coefficient (Wildman–Crippen LogP) is 3.32. The van der Waals surface area contributed by atoms with Gasteiger partial charge in [-0.05, 0) is 37.2 Å². The molecule has 0 saturated carbocycles. The van der Waals surface area contributed by atoms with Crippen molar-refractivity contribution in [2.75, 3.05) is 44.7 Å². The Hall–Kier alpha value is -2.57. The molecular weight excluding hydrogens is 330 g/mol. The van der Waals surface area contributed by atoms with Gasteiger partial charge in [0.25, 0.3) is 0 Å². The molecule has 2 aromatic rings. The summed E-state index contributed by atoms with van der Waals surface area (Å²) >= 11 is 0. The maximum atomic E-state index is 12.2. The van der Waals surface area contributed by atoms with Crippen LogP contribution in [0.2, 0.25) is 0 Å². The summed E-state index contributed by atoms with van der Waals surface area (Å²) in [7, 11) is 0. The van der Waals surface area contributed by atoms with E-state index in [1.807, 2.05) is 54.6 Å². The fourth-order valence-corrected chi connectivity index (χ4v) is 2.77. The van der Waals surface area contributed by atoms with E-state index in [4.69, 9.17) is 9.47 Å². The number of anilines is 1. The minimum atomic E-state index is -0.226. The largest absolute Gasteiger partial charge is 0.455 e. The Morgan fingerprint density at radius 3 is 2.58 bits per heavy atom. The number of urea groups is 1. The molecular formula is C20H25N3O3. The first kappa shape index (κ1) is 18.2. The van der Waals surface area contributed by atoms with Crippen molar-refractivity contribution in [2.24, 2.45) is 0 Å². The average Bonchev–Trinajstić information content (AvgIpc) is 2.68. The molecule has 0 radical (unpaired) electrons. The first-order chi connectivity index (χ1) is 12.8. The molecule has 0 spiro atoms. The van der Waals surface area contributed by atoms with Gasteiger partial charge in [-0.15, -0.1) is 0 Å². The number of carbonyl (C=O) groups is 1. The van der Waals surface area contributed by atoms with E-state index in [1.54, 1.807) is 0 Å². The summed E-state index contributed by atoms with van der Waals surface area (Å²) < 4.78 is 11.2. The van der Waals surface area contributed by atoms with Gasteiger partial charge in [0.05, 0.1) is 18.9 Å². The second-order valence-corrected chi connectivity index (χ2v) is 6.10. The van der Waals surface area contributed by atoms with E-state index < -0.39 is 0 Å². The maximum absolute atomic E-state index is 12.2. The number of amides is 2. The quantitative estimate of drug-likeness (QED) is 0.748. The Kier molecular flexibility index (Phi) is 6.87. The Balaban J connectivity index is 1.45. The van der Waals surface area contributed by atoms with Crippen molar-refractivity contribution < 1.29 is 14.3 Å². The van der Waals surface area contributed by atoms with Gasteiger partial charge in [-0.25, -0.2) is 4.79 Å². The minimum absolute atomic E-state index is 0.226. The number of carbonyl (C=O) groups excluding carboxylic acids is 1. The summed E-state index contributed by atoms with van der Waals surface area (Å²) in [5.74, 6) is 1.34. The van der Waals surface area contributed by atoms with Crippen molar-refractivity contribution in [1.29, 1.82) is 0 Å². The molecule has 26 heavy (non-hydrogen) atoms. The van der Waals surface area contributed by atoms with Crippen LogP contribution in [-0.4, -0.2) is 50.3 Å². The van der Waals surface area contributed by atoms with Gasteiger partial charge in [0.1, 0.15) is 5.75 Å². The smallest absolute Gasteiger partial charge is 0.319 e. The fraction of sp³-hybridized carbons (Fsp3) is 0.350. The molecule has 1 fully saturated rings. The summed E-state index contributed by atoms with van der Waals surface area (Å²) in [5.41, 5.74) is 0.641. The van der Waals surface area contributed by atoms with Crippen LogP contribution < -0.4 is 15.4 Å². The zero-order valence-corrected chi connectivity index (χ0v) is 14.8. The molecule has 1 saturated heterocycles.